The van der Waals surface area contributed by atoms with Gasteiger partial charge in [-0.3, -0.25) is 9.82 Å². The van der Waals surface area contributed by atoms with Gasteiger partial charge in [-0.2, -0.15) is 5.10 Å². The highest BCUT2D eigenvalue weighted by molar-refractivity contribution is 7.92. The number of H-pyrrole nitrogens is 1. The number of rotatable bonds is 4. The number of hydrogen-bond donors (Lipinski definition) is 2. The first-order valence-electron chi connectivity index (χ1n) is 7.02. The van der Waals surface area contributed by atoms with Crippen LogP contribution in [-0.4, -0.2) is 25.7 Å². The van der Waals surface area contributed by atoms with Crippen LogP contribution in [0, 0.1) is 13.8 Å². The van der Waals surface area contributed by atoms with E-state index in [9.17, 15) is 8.42 Å². The summed E-state index contributed by atoms with van der Waals surface area (Å²) in [6.07, 6.45) is 1.68. The molecule has 120 valence electrons. The molecule has 0 aliphatic heterocycles. The summed E-state index contributed by atoms with van der Waals surface area (Å²) in [4.78, 5) is 0.118. The van der Waals surface area contributed by atoms with Crippen LogP contribution in [0.5, 0.6) is 5.75 Å². The summed E-state index contributed by atoms with van der Waals surface area (Å²) in [5.41, 5.74) is 3.08. The molecule has 0 radical (unpaired) electrons. The molecule has 3 aromatic rings. The van der Waals surface area contributed by atoms with Crippen LogP contribution in [-0.2, 0) is 10.0 Å². The summed E-state index contributed by atoms with van der Waals surface area (Å²) in [5, 5.41) is 7.65. The van der Waals surface area contributed by atoms with Crippen LogP contribution in [0.4, 0.5) is 5.69 Å². The first-order valence-corrected chi connectivity index (χ1v) is 8.50. The molecule has 0 fully saturated rings. The lowest BCUT2D eigenvalue weighted by atomic mass is 10.1. The fourth-order valence-corrected chi connectivity index (χ4v) is 3.63. The molecular weight excluding hydrogens is 314 g/mol. The summed E-state index contributed by atoms with van der Waals surface area (Å²) in [6, 6.07) is 8.54. The molecule has 23 heavy (non-hydrogen) atoms. The zero-order valence-electron chi connectivity index (χ0n) is 13.0. The summed E-state index contributed by atoms with van der Waals surface area (Å²) in [6.45, 7) is 3.78. The lowest BCUT2D eigenvalue weighted by Gasteiger charge is -2.14. The molecular formula is C16H17N3O3S. The van der Waals surface area contributed by atoms with Crippen molar-refractivity contribution in [3.8, 4) is 5.75 Å². The molecule has 1 aromatic heterocycles. The Morgan fingerprint density at radius 3 is 2.61 bits per heavy atom. The van der Waals surface area contributed by atoms with Crippen molar-refractivity contribution in [3.05, 3.63) is 47.7 Å². The van der Waals surface area contributed by atoms with Crippen LogP contribution in [0.1, 0.15) is 11.1 Å². The Bertz CT molecular complexity index is 977. The maximum absolute atomic E-state index is 12.7. The number of fused-ring (bicyclic) bond motifs is 1. The number of ether oxygens (including phenoxy) is 1. The molecule has 0 amide bonds. The Balaban J connectivity index is 2.02. The average Bonchev–Trinajstić information content (AvgIpc) is 2.96. The summed E-state index contributed by atoms with van der Waals surface area (Å²) in [7, 11) is -2.30. The molecule has 2 aromatic carbocycles. The van der Waals surface area contributed by atoms with Crippen LogP contribution in [0.25, 0.3) is 10.9 Å². The van der Waals surface area contributed by atoms with Crippen LogP contribution in [0.15, 0.2) is 41.4 Å². The smallest absolute Gasteiger partial charge is 0.265 e. The zero-order chi connectivity index (χ0) is 16.6. The number of nitrogens with one attached hydrogen (secondary N) is 2. The Hall–Kier alpha value is -2.54. The van der Waals surface area contributed by atoms with E-state index in [4.69, 9.17) is 4.74 Å². The van der Waals surface area contributed by atoms with Crippen molar-refractivity contribution in [2.75, 3.05) is 11.8 Å². The predicted molar refractivity (Wildman–Crippen MR) is 89.4 cm³/mol. The molecule has 0 saturated carbocycles. The fourth-order valence-electron chi connectivity index (χ4n) is 2.34. The number of methoxy groups -OCH3 is 1. The molecule has 0 saturated heterocycles. The molecule has 0 atom stereocenters. The van der Waals surface area contributed by atoms with Crippen molar-refractivity contribution in [2.45, 2.75) is 18.7 Å². The van der Waals surface area contributed by atoms with Crippen LogP contribution in [0.3, 0.4) is 0 Å². The minimum atomic E-state index is -3.76. The third kappa shape index (κ3) is 2.87. The summed E-state index contributed by atoms with van der Waals surface area (Å²) >= 11 is 0. The van der Waals surface area contributed by atoms with E-state index in [1.807, 2.05) is 13.8 Å². The third-order valence-corrected chi connectivity index (χ3v) is 5.17. The van der Waals surface area contributed by atoms with E-state index < -0.39 is 10.0 Å². The minimum Gasteiger partial charge on any atom is -0.495 e. The molecule has 1 heterocycles. The second-order valence-corrected chi connectivity index (χ2v) is 7.02. The maximum Gasteiger partial charge on any atom is 0.265 e. The summed E-state index contributed by atoms with van der Waals surface area (Å²) < 4.78 is 33.2. The number of hydrogen-bond acceptors (Lipinski definition) is 4. The van der Waals surface area contributed by atoms with Crippen LogP contribution >= 0.6 is 0 Å². The topological polar surface area (TPSA) is 84.1 Å². The van der Waals surface area contributed by atoms with Crippen molar-refractivity contribution in [1.29, 1.82) is 0 Å². The highest BCUT2D eigenvalue weighted by Crippen LogP contribution is 2.29. The largest absolute Gasteiger partial charge is 0.495 e. The van der Waals surface area contributed by atoms with E-state index >= 15 is 0 Å². The van der Waals surface area contributed by atoms with Crippen molar-refractivity contribution < 1.29 is 13.2 Å². The Kier molecular flexibility index (Phi) is 3.73. The highest BCUT2D eigenvalue weighted by Gasteiger charge is 2.21. The quantitative estimate of drug-likeness (QED) is 0.770. The first-order chi connectivity index (χ1) is 10.9. The van der Waals surface area contributed by atoms with E-state index in [2.05, 4.69) is 14.9 Å². The maximum atomic E-state index is 12.7. The van der Waals surface area contributed by atoms with Crippen LogP contribution < -0.4 is 9.46 Å². The van der Waals surface area contributed by atoms with E-state index in [1.54, 1.807) is 36.5 Å². The number of anilines is 1. The predicted octanol–water partition coefficient (Wildman–Crippen LogP) is 2.99. The zero-order valence-corrected chi connectivity index (χ0v) is 13.9. The third-order valence-electron chi connectivity index (χ3n) is 3.76. The van der Waals surface area contributed by atoms with Gasteiger partial charge < -0.3 is 4.74 Å². The molecule has 0 spiro atoms. The molecule has 0 unspecified atom stereocenters. The van der Waals surface area contributed by atoms with Crippen molar-refractivity contribution >= 4 is 26.6 Å². The number of aromatic nitrogens is 2. The van der Waals surface area contributed by atoms with Crippen molar-refractivity contribution in [3.63, 3.8) is 0 Å². The molecule has 0 aliphatic rings. The van der Waals surface area contributed by atoms with Crippen molar-refractivity contribution in [2.24, 2.45) is 0 Å². The number of sulfonamides is 1. The van der Waals surface area contributed by atoms with E-state index in [1.165, 1.54) is 7.11 Å². The van der Waals surface area contributed by atoms with Gasteiger partial charge in [0.25, 0.3) is 10.0 Å². The van der Waals surface area contributed by atoms with Gasteiger partial charge in [-0.15, -0.1) is 0 Å². The molecule has 7 heteroatoms. The van der Waals surface area contributed by atoms with Gasteiger partial charge in [0, 0.05) is 5.39 Å². The lowest BCUT2D eigenvalue weighted by molar-refractivity contribution is 0.402. The number of nitrogens with zero attached hydrogens (tertiary/aromatic N) is 1. The normalized spacial score (nSPS) is 11.6. The SMILES string of the molecule is COc1cc(C)c(C)cc1S(=O)(=O)Nc1ccc2cn[nH]c2c1. The number of aromatic amines is 1. The van der Waals surface area contributed by atoms with Gasteiger partial charge in [0.05, 0.1) is 24.5 Å². The molecule has 0 bridgehead atoms. The standard InChI is InChI=1S/C16H17N3O3S/c1-10-6-15(22-3)16(7-11(10)2)23(20,21)19-13-5-4-12-9-17-18-14(12)8-13/h4-9,19H,1-3H3,(H,17,18). The Labute approximate surface area is 134 Å². The second-order valence-electron chi connectivity index (χ2n) is 5.36. The van der Waals surface area contributed by atoms with E-state index in [0.29, 0.717) is 11.4 Å². The summed E-state index contributed by atoms with van der Waals surface area (Å²) in [5.74, 6) is 0.322. The van der Waals surface area contributed by atoms with Gasteiger partial charge in [-0.25, -0.2) is 8.42 Å². The number of benzene rings is 2. The van der Waals surface area contributed by atoms with Gasteiger partial charge in [0.15, 0.2) is 0 Å². The first kappa shape index (κ1) is 15.4. The fraction of sp³-hybridized carbons (Fsp3) is 0.188. The van der Waals surface area contributed by atoms with Gasteiger partial charge in [0.1, 0.15) is 10.6 Å². The van der Waals surface area contributed by atoms with Gasteiger partial charge in [0.2, 0.25) is 0 Å². The van der Waals surface area contributed by atoms with Crippen molar-refractivity contribution in [1.82, 2.24) is 10.2 Å². The minimum absolute atomic E-state index is 0.118. The molecule has 6 nitrogen and oxygen atoms in total. The van der Waals surface area contributed by atoms with E-state index in [0.717, 1.165) is 22.0 Å². The highest BCUT2D eigenvalue weighted by atomic mass is 32.2. The Morgan fingerprint density at radius 2 is 1.87 bits per heavy atom. The number of aryl methyl sites for hydroxylation is 2. The average molecular weight is 331 g/mol. The molecule has 3 rings (SSSR count). The van der Waals surface area contributed by atoms with Gasteiger partial charge in [-0.05, 0) is 55.3 Å². The molecule has 0 aliphatic carbocycles. The van der Waals surface area contributed by atoms with E-state index in [-0.39, 0.29) is 4.90 Å². The Morgan fingerprint density at radius 1 is 1.13 bits per heavy atom. The second kappa shape index (κ2) is 5.58. The molecule has 2 N–H and O–H groups in total. The lowest BCUT2D eigenvalue weighted by Crippen LogP contribution is -2.14. The monoisotopic (exact) mass is 331 g/mol. The van der Waals surface area contributed by atoms with Crippen LogP contribution in [0.2, 0.25) is 0 Å². The van der Waals surface area contributed by atoms with Gasteiger partial charge in [-0.1, -0.05) is 0 Å². The van der Waals surface area contributed by atoms with Gasteiger partial charge >= 0.3 is 0 Å².